The maximum atomic E-state index is 4.58. The molecular formula is C12H16BrN3S2. The SMILES string of the molecule is CCCCN=C1SC=C(c2ccc(Br)s2)NN1C. The lowest BCUT2D eigenvalue weighted by Crippen LogP contribution is -2.39. The number of thiophene rings is 1. The number of aliphatic imine (C=N–C) groups is 1. The molecule has 0 fully saturated rings. The molecule has 2 heterocycles. The number of hydrogen-bond donors (Lipinski definition) is 1. The molecule has 0 bridgehead atoms. The Labute approximate surface area is 124 Å². The fourth-order valence-corrected chi connectivity index (χ4v) is 3.69. The van der Waals surface area contributed by atoms with Gasteiger partial charge in [0.2, 0.25) is 0 Å². The Bertz CT molecular complexity index is 468. The van der Waals surface area contributed by atoms with Crippen LogP contribution in [0.15, 0.2) is 26.3 Å². The number of rotatable bonds is 4. The highest BCUT2D eigenvalue weighted by molar-refractivity contribution is 9.11. The Balaban J connectivity index is 2.05. The van der Waals surface area contributed by atoms with Crippen molar-refractivity contribution in [1.29, 1.82) is 0 Å². The molecule has 0 amide bonds. The van der Waals surface area contributed by atoms with Crippen LogP contribution in [0.25, 0.3) is 5.70 Å². The van der Waals surface area contributed by atoms with E-state index >= 15 is 0 Å². The summed E-state index contributed by atoms with van der Waals surface area (Å²) in [6, 6.07) is 4.18. The maximum Gasteiger partial charge on any atom is 0.182 e. The first kappa shape index (κ1) is 14.0. The average Bonchev–Trinajstić information content (AvgIpc) is 2.78. The normalized spacial score (nSPS) is 17.8. The molecule has 0 unspecified atom stereocenters. The molecule has 1 aromatic rings. The van der Waals surface area contributed by atoms with Crippen LogP contribution in [0.4, 0.5) is 0 Å². The van der Waals surface area contributed by atoms with Crippen LogP contribution in [0, 0.1) is 0 Å². The molecule has 0 aromatic carbocycles. The van der Waals surface area contributed by atoms with E-state index in [4.69, 9.17) is 0 Å². The van der Waals surface area contributed by atoms with Crippen molar-refractivity contribution in [1.82, 2.24) is 10.4 Å². The van der Waals surface area contributed by atoms with Gasteiger partial charge in [0.05, 0.1) is 14.4 Å². The number of unbranched alkanes of at least 4 members (excludes halogenated alkanes) is 1. The zero-order chi connectivity index (χ0) is 13.0. The molecule has 18 heavy (non-hydrogen) atoms. The van der Waals surface area contributed by atoms with Crippen molar-refractivity contribution in [3.63, 3.8) is 0 Å². The monoisotopic (exact) mass is 345 g/mol. The zero-order valence-electron chi connectivity index (χ0n) is 10.4. The number of thioether (sulfide) groups is 1. The molecule has 1 aliphatic rings. The van der Waals surface area contributed by atoms with Gasteiger partial charge in [-0.1, -0.05) is 25.1 Å². The largest absolute Gasteiger partial charge is 0.295 e. The summed E-state index contributed by atoms with van der Waals surface area (Å²) in [5.41, 5.74) is 4.49. The van der Waals surface area contributed by atoms with Crippen molar-refractivity contribution in [3.05, 3.63) is 26.2 Å². The summed E-state index contributed by atoms with van der Waals surface area (Å²) in [6.45, 7) is 3.08. The number of nitrogens with one attached hydrogen (secondary N) is 1. The van der Waals surface area contributed by atoms with Crippen molar-refractivity contribution < 1.29 is 0 Å². The van der Waals surface area contributed by atoms with Gasteiger partial charge in [-0.2, -0.15) is 0 Å². The first-order valence-corrected chi connectivity index (χ1v) is 8.37. The predicted octanol–water partition coefficient (Wildman–Crippen LogP) is 4.15. The van der Waals surface area contributed by atoms with Gasteiger partial charge >= 0.3 is 0 Å². The quantitative estimate of drug-likeness (QED) is 0.830. The number of nitrogens with zero attached hydrogens (tertiary/aromatic N) is 2. The van der Waals surface area contributed by atoms with Crippen LogP contribution in [-0.4, -0.2) is 23.8 Å². The minimum atomic E-state index is 0.901. The van der Waals surface area contributed by atoms with Crippen molar-refractivity contribution in [2.45, 2.75) is 19.8 Å². The van der Waals surface area contributed by atoms with Crippen LogP contribution in [0.2, 0.25) is 0 Å². The van der Waals surface area contributed by atoms with Gasteiger partial charge in [-0.25, -0.2) is 0 Å². The first-order chi connectivity index (χ1) is 8.70. The summed E-state index contributed by atoms with van der Waals surface area (Å²) >= 11 is 6.89. The van der Waals surface area contributed by atoms with Gasteiger partial charge in [0.1, 0.15) is 0 Å². The Hall–Kier alpha value is -0.460. The van der Waals surface area contributed by atoms with Crippen LogP contribution in [-0.2, 0) is 0 Å². The van der Waals surface area contributed by atoms with Crippen LogP contribution in [0.5, 0.6) is 0 Å². The van der Waals surface area contributed by atoms with Crippen molar-refractivity contribution >= 4 is 49.9 Å². The molecule has 0 aliphatic carbocycles. The Morgan fingerprint density at radius 2 is 2.28 bits per heavy atom. The van der Waals surface area contributed by atoms with Crippen LogP contribution in [0.3, 0.4) is 0 Å². The van der Waals surface area contributed by atoms with Crippen LogP contribution in [0.1, 0.15) is 24.6 Å². The molecule has 2 rings (SSSR count). The lowest BCUT2D eigenvalue weighted by Gasteiger charge is -2.27. The lowest BCUT2D eigenvalue weighted by atomic mass is 10.3. The molecule has 0 saturated carbocycles. The summed E-state index contributed by atoms with van der Waals surface area (Å²) in [7, 11) is 2.01. The summed E-state index contributed by atoms with van der Waals surface area (Å²) in [5.74, 6) is 0. The van der Waals surface area contributed by atoms with E-state index in [2.05, 4.69) is 50.8 Å². The van der Waals surface area contributed by atoms with E-state index in [1.807, 2.05) is 12.1 Å². The topological polar surface area (TPSA) is 27.6 Å². The molecule has 6 heteroatoms. The second-order valence-corrected chi connectivity index (χ2v) is 7.24. The highest BCUT2D eigenvalue weighted by atomic mass is 79.9. The highest BCUT2D eigenvalue weighted by Gasteiger charge is 2.16. The van der Waals surface area contributed by atoms with Gasteiger partial charge in [-0.05, 0) is 34.5 Å². The summed E-state index contributed by atoms with van der Waals surface area (Å²) in [6.07, 6.45) is 2.33. The molecule has 1 N–H and O–H groups in total. The minimum Gasteiger partial charge on any atom is -0.295 e. The average molecular weight is 346 g/mol. The molecule has 0 spiro atoms. The number of hydrogen-bond acceptors (Lipinski definition) is 4. The maximum absolute atomic E-state index is 4.58. The fraction of sp³-hybridized carbons (Fsp3) is 0.417. The van der Waals surface area contributed by atoms with E-state index in [1.165, 1.54) is 11.3 Å². The Morgan fingerprint density at radius 1 is 1.44 bits per heavy atom. The van der Waals surface area contributed by atoms with Gasteiger partial charge in [0.25, 0.3) is 0 Å². The second-order valence-electron chi connectivity index (χ2n) is 3.94. The number of halogens is 1. The third kappa shape index (κ3) is 3.52. The van der Waals surface area contributed by atoms with Gasteiger partial charge < -0.3 is 0 Å². The van der Waals surface area contributed by atoms with Gasteiger partial charge in [0.15, 0.2) is 5.17 Å². The molecule has 98 valence electrons. The van der Waals surface area contributed by atoms with E-state index in [0.717, 1.165) is 27.6 Å². The summed E-state index contributed by atoms with van der Waals surface area (Å²) < 4.78 is 1.15. The first-order valence-electron chi connectivity index (χ1n) is 5.88. The van der Waals surface area contributed by atoms with Crippen LogP contribution < -0.4 is 5.43 Å². The molecule has 1 aromatic heterocycles. The molecule has 0 radical (unpaired) electrons. The van der Waals surface area contributed by atoms with E-state index in [-0.39, 0.29) is 0 Å². The van der Waals surface area contributed by atoms with Gasteiger partial charge in [-0.15, -0.1) is 11.3 Å². The number of hydrazine groups is 1. The standard InChI is InChI=1S/C12H16BrN3S2/c1-3-4-7-14-12-16(2)15-9(8-17-12)10-5-6-11(13)18-10/h5-6,8,15H,3-4,7H2,1-2H3. The number of amidine groups is 1. The molecule has 3 nitrogen and oxygen atoms in total. The third-order valence-electron chi connectivity index (χ3n) is 2.45. The molecule has 0 saturated heterocycles. The van der Waals surface area contributed by atoms with Crippen molar-refractivity contribution in [2.24, 2.45) is 4.99 Å². The Morgan fingerprint density at radius 3 is 2.89 bits per heavy atom. The van der Waals surface area contributed by atoms with E-state index in [0.29, 0.717) is 0 Å². The van der Waals surface area contributed by atoms with Gasteiger partial charge in [-0.3, -0.25) is 15.4 Å². The summed E-state index contributed by atoms with van der Waals surface area (Å²) in [5, 5.41) is 5.15. The molecule has 1 aliphatic heterocycles. The van der Waals surface area contributed by atoms with E-state index in [1.54, 1.807) is 23.1 Å². The van der Waals surface area contributed by atoms with E-state index in [9.17, 15) is 0 Å². The van der Waals surface area contributed by atoms with Crippen molar-refractivity contribution in [3.8, 4) is 0 Å². The van der Waals surface area contributed by atoms with Crippen LogP contribution >= 0.6 is 39.0 Å². The minimum absolute atomic E-state index is 0.901. The molecular weight excluding hydrogens is 330 g/mol. The third-order valence-corrected chi connectivity index (χ3v) is 5.08. The van der Waals surface area contributed by atoms with Crippen molar-refractivity contribution in [2.75, 3.05) is 13.6 Å². The lowest BCUT2D eigenvalue weighted by molar-refractivity contribution is 0.451. The summed E-state index contributed by atoms with van der Waals surface area (Å²) in [4.78, 5) is 5.81. The second kappa shape index (κ2) is 6.63. The van der Waals surface area contributed by atoms with E-state index < -0.39 is 0 Å². The highest BCUT2D eigenvalue weighted by Crippen LogP contribution is 2.30. The zero-order valence-corrected chi connectivity index (χ0v) is 13.7. The predicted molar refractivity (Wildman–Crippen MR) is 85.7 cm³/mol. The smallest absolute Gasteiger partial charge is 0.182 e. The van der Waals surface area contributed by atoms with Gasteiger partial charge in [0, 0.05) is 19.0 Å². The Kier molecular flexibility index (Phi) is 5.14. The fourth-order valence-electron chi connectivity index (χ4n) is 1.49. The molecule has 0 atom stereocenters.